The summed E-state index contributed by atoms with van der Waals surface area (Å²) in [6.45, 7) is 4.28. The molecule has 5 rings (SSSR count). The minimum Gasteiger partial charge on any atom is -0.398 e. The lowest BCUT2D eigenvalue weighted by Gasteiger charge is -2.18. The Balaban J connectivity index is 1.31. The molecular weight excluding hydrogens is 414 g/mol. The number of hydrogen-bond donors (Lipinski definition) is 2. The predicted octanol–water partition coefficient (Wildman–Crippen LogP) is 6.97. The summed E-state index contributed by atoms with van der Waals surface area (Å²) < 4.78 is 0. The SMILES string of the molecule is C=C(Cc1cc(-c2cncc(Cc3ccccc3)c2)ccc1N)Nc1ccc2c(c1)CCCC2. The van der Waals surface area contributed by atoms with Crippen molar-refractivity contribution in [1.29, 1.82) is 0 Å². The van der Waals surface area contributed by atoms with E-state index in [0.717, 1.165) is 40.2 Å². The van der Waals surface area contributed by atoms with E-state index in [1.807, 2.05) is 24.5 Å². The van der Waals surface area contributed by atoms with Crippen LogP contribution in [0.5, 0.6) is 0 Å². The van der Waals surface area contributed by atoms with Gasteiger partial charge in [-0.15, -0.1) is 0 Å². The van der Waals surface area contributed by atoms with E-state index in [9.17, 15) is 0 Å². The molecule has 0 amide bonds. The van der Waals surface area contributed by atoms with Gasteiger partial charge in [0.05, 0.1) is 0 Å². The molecule has 0 aliphatic heterocycles. The Hall–Kier alpha value is -3.85. The minimum absolute atomic E-state index is 0.674. The van der Waals surface area contributed by atoms with Crippen LogP contribution in [0.25, 0.3) is 11.1 Å². The molecule has 3 N–H and O–H groups in total. The van der Waals surface area contributed by atoms with Crippen molar-refractivity contribution in [1.82, 2.24) is 4.98 Å². The number of nitrogens with two attached hydrogens (primary N) is 1. The van der Waals surface area contributed by atoms with E-state index in [-0.39, 0.29) is 0 Å². The Morgan fingerprint density at radius 2 is 1.65 bits per heavy atom. The number of fused-ring (bicyclic) bond motifs is 1. The third-order valence-electron chi connectivity index (χ3n) is 6.60. The summed E-state index contributed by atoms with van der Waals surface area (Å²) in [5.74, 6) is 0. The number of nitrogen functional groups attached to an aromatic ring is 1. The molecule has 3 heteroatoms. The van der Waals surface area contributed by atoms with Gasteiger partial charge in [-0.25, -0.2) is 0 Å². The van der Waals surface area contributed by atoms with E-state index in [0.29, 0.717) is 6.42 Å². The van der Waals surface area contributed by atoms with Gasteiger partial charge in [0.25, 0.3) is 0 Å². The van der Waals surface area contributed by atoms with Crippen LogP contribution >= 0.6 is 0 Å². The molecule has 0 unspecified atom stereocenters. The van der Waals surface area contributed by atoms with Crippen molar-refractivity contribution in [2.75, 3.05) is 11.1 Å². The average molecular weight is 446 g/mol. The molecule has 34 heavy (non-hydrogen) atoms. The van der Waals surface area contributed by atoms with E-state index < -0.39 is 0 Å². The summed E-state index contributed by atoms with van der Waals surface area (Å²) in [7, 11) is 0. The summed E-state index contributed by atoms with van der Waals surface area (Å²) in [5.41, 5.74) is 17.9. The van der Waals surface area contributed by atoms with Gasteiger partial charge in [0, 0.05) is 41.4 Å². The zero-order valence-corrected chi connectivity index (χ0v) is 19.6. The van der Waals surface area contributed by atoms with Crippen molar-refractivity contribution < 1.29 is 0 Å². The van der Waals surface area contributed by atoms with Crippen molar-refractivity contribution in [3.8, 4) is 11.1 Å². The van der Waals surface area contributed by atoms with E-state index in [4.69, 9.17) is 5.73 Å². The Morgan fingerprint density at radius 3 is 2.50 bits per heavy atom. The highest BCUT2D eigenvalue weighted by Crippen LogP contribution is 2.28. The quantitative estimate of drug-likeness (QED) is 0.302. The van der Waals surface area contributed by atoms with Crippen LogP contribution in [0.4, 0.5) is 11.4 Å². The van der Waals surface area contributed by atoms with E-state index >= 15 is 0 Å². The molecule has 4 aromatic rings. The molecule has 0 bridgehead atoms. The Morgan fingerprint density at radius 1 is 0.824 bits per heavy atom. The summed E-state index contributed by atoms with van der Waals surface area (Å²) in [6.07, 6.45) is 10.3. The smallest absolute Gasteiger partial charge is 0.0384 e. The van der Waals surface area contributed by atoms with Crippen LogP contribution in [-0.4, -0.2) is 4.98 Å². The maximum Gasteiger partial charge on any atom is 0.0384 e. The van der Waals surface area contributed by atoms with E-state index in [1.165, 1.54) is 47.9 Å². The fourth-order valence-electron chi connectivity index (χ4n) is 4.80. The molecule has 3 aromatic carbocycles. The summed E-state index contributed by atoms with van der Waals surface area (Å²) in [5, 5.41) is 3.50. The molecule has 170 valence electrons. The number of benzene rings is 3. The fourth-order valence-corrected chi connectivity index (χ4v) is 4.80. The maximum absolute atomic E-state index is 6.35. The lowest BCUT2D eigenvalue weighted by Crippen LogP contribution is -2.07. The molecule has 0 saturated carbocycles. The summed E-state index contributed by atoms with van der Waals surface area (Å²) in [4.78, 5) is 4.50. The third kappa shape index (κ3) is 5.20. The molecule has 0 fully saturated rings. The fraction of sp³-hybridized carbons (Fsp3) is 0.194. The first-order valence-electron chi connectivity index (χ1n) is 12.1. The number of allylic oxidation sites excluding steroid dienone is 1. The van der Waals surface area contributed by atoms with Crippen molar-refractivity contribution in [2.45, 2.75) is 38.5 Å². The second-order valence-corrected chi connectivity index (χ2v) is 9.25. The third-order valence-corrected chi connectivity index (χ3v) is 6.60. The number of nitrogens with one attached hydrogen (secondary N) is 1. The van der Waals surface area contributed by atoms with Crippen molar-refractivity contribution in [3.63, 3.8) is 0 Å². The summed E-state index contributed by atoms with van der Waals surface area (Å²) in [6, 6.07) is 25.6. The highest BCUT2D eigenvalue weighted by Gasteiger charge is 2.11. The van der Waals surface area contributed by atoms with E-state index in [2.05, 4.69) is 77.5 Å². The van der Waals surface area contributed by atoms with Gasteiger partial charge in [0.2, 0.25) is 0 Å². The Bertz CT molecular complexity index is 1310. The van der Waals surface area contributed by atoms with Gasteiger partial charge < -0.3 is 11.1 Å². The lowest BCUT2D eigenvalue weighted by molar-refractivity contribution is 0.686. The minimum atomic E-state index is 0.674. The number of anilines is 2. The zero-order chi connectivity index (χ0) is 23.3. The first-order chi connectivity index (χ1) is 16.6. The Kier molecular flexibility index (Phi) is 6.44. The molecule has 1 aliphatic rings. The monoisotopic (exact) mass is 445 g/mol. The van der Waals surface area contributed by atoms with Gasteiger partial charge in [0.1, 0.15) is 0 Å². The first kappa shape index (κ1) is 22.0. The van der Waals surface area contributed by atoms with E-state index in [1.54, 1.807) is 0 Å². The van der Waals surface area contributed by atoms with Crippen LogP contribution in [-0.2, 0) is 25.7 Å². The molecule has 1 heterocycles. The van der Waals surface area contributed by atoms with Crippen molar-refractivity contribution in [2.24, 2.45) is 0 Å². The predicted molar refractivity (Wildman–Crippen MR) is 143 cm³/mol. The van der Waals surface area contributed by atoms with Gasteiger partial charge in [-0.1, -0.05) is 49.0 Å². The zero-order valence-electron chi connectivity index (χ0n) is 19.6. The molecule has 1 aromatic heterocycles. The largest absolute Gasteiger partial charge is 0.398 e. The molecule has 0 spiro atoms. The second kappa shape index (κ2) is 9.96. The van der Waals surface area contributed by atoms with Crippen LogP contribution in [0.3, 0.4) is 0 Å². The van der Waals surface area contributed by atoms with Gasteiger partial charge >= 0.3 is 0 Å². The molecule has 0 saturated heterocycles. The standard InChI is InChI=1S/C31H31N3/c1-22(34-30-13-11-25-9-5-6-10-26(25)19-30)15-28-18-27(12-14-31(28)32)29-17-24(20-33-21-29)16-23-7-3-2-4-8-23/h2-4,7-8,11-14,17-21,34H,1,5-6,9-10,15-16,32H2. The lowest BCUT2D eigenvalue weighted by atomic mass is 9.91. The first-order valence-corrected chi connectivity index (χ1v) is 12.1. The van der Waals surface area contributed by atoms with Gasteiger partial charge in [-0.2, -0.15) is 0 Å². The van der Waals surface area contributed by atoms with Gasteiger partial charge in [0.15, 0.2) is 0 Å². The van der Waals surface area contributed by atoms with Crippen molar-refractivity contribution in [3.05, 3.63) is 125 Å². The number of pyridine rings is 1. The molecule has 3 nitrogen and oxygen atoms in total. The highest BCUT2D eigenvalue weighted by atomic mass is 14.9. The number of hydrogen-bond acceptors (Lipinski definition) is 3. The molecule has 0 radical (unpaired) electrons. The second-order valence-electron chi connectivity index (χ2n) is 9.25. The number of nitrogens with zero attached hydrogens (tertiary/aromatic N) is 1. The maximum atomic E-state index is 6.35. The van der Waals surface area contributed by atoms with Crippen LogP contribution in [0.2, 0.25) is 0 Å². The topological polar surface area (TPSA) is 50.9 Å². The number of rotatable bonds is 7. The molecule has 0 atom stereocenters. The Labute approximate surface area is 202 Å². The highest BCUT2D eigenvalue weighted by molar-refractivity contribution is 5.68. The summed E-state index contributed by atoms with van der Waals surface area (Å²) >= 11 is 0. The van der Waals surface area contributed by atoms with Crippen LogP contribution in [0, 0.1) is 0 Å². The average Bonchev–Trinajstić information content (AvgIpc) is 2.86. The molecular formula is C31H31N3. The van der Waals surface area contributed by atoms with Crippen LogP contribution in [0.15, 0.2) is 97.5 Å². The molecule has 1 aliphatic carbocycles. The van der Waals surface area contributed by atoms with Crippen LogP contribution in [0.1, 0.15) is 40.7 Å². The van der Waals surface area contributed by atoms with Crippen molar-refractivity contribution >= 4 is 11.4 Å². The van der Waals surface area contributed by atoms with Gasteiger partial charge in [-0.05, 0) is 95.8 Å². The number of aromatic nitrogens is 1. The normalized spacial score (nSPS) is 12.7. The van der Waals surface area contributed by atoms with Crippen LogP contribution < -0.4 is 11.1 Å². The number of aryl methyl sites for hydroxylation is 2. The van der Waals surface area contributed by atoms with Gasteiger partial charge in [-0.3, -0.25) is 4.98 Å².